The van der Waals surface area contributed by atoms with Gasteiger partial charge >= 0.3 is 0 Å². The molecule has 0 bridgehead atoms. The van der Waals surface area contributed by atoms with Gasteiger partial charge in [0.05, 0.1) is 37.7 Å². The lowest BCUT2D eigenvalue weighted by molar-refractivity contribution is -0.0948. The first kappa shape index (κ1) is 13.1. The number of aryl methyl sites for hydroxylation is 2. The average Bonchev–Trinajstić information content (AvgIpc) is 2.68. The average molecular weight is 265 g/mol. The normalized spacial score (nSPS) is 25.5. The highest BCUT2D eigenvalue weighted by atomic mass is 16.6. The number of ether oxygens (including phenoxy) is 2. The van der Waals surface area contributed by atoms with Gasteiger partial charge in [-0.3, -0.25) is 9.58 Å². The minimum Gasteiger partial charge on any atom is -0.376 e. The molecule has 1 unspecified atom stereocenters. The maximum atomic E-state index is 5.66. The smallest absolute Gasteiger partial charge is 0.0821 e. The fourth-order valence-corrected chi connectivity index (χ4v) is 2.93. The van der Waals surface area contributed by atoms with Crippen LogP contribution in [0.1, 0.15) is 23.9 Å². The summed E-state index contributed by atoms with van der Waals surface area (Å²) in [4.78, 5) is 2.47. The zero-order valence-corrected chi connectivity index (χ0v) is 11.8. The molecule has 1 aromatic heterocycles. The molecular weight excluding hydrogens is 242 g/mol. The summed E-state index contributed by atoms with van der Waals surface area (Å²) in [7, 11) is 0. The van der Waals surface area contributed by atoms with E-state index in [2.05, 4.69) is 34.6 Å². The standard InChI is InChI=1S/C14H23N3O2/c1-11-7-12(2)17(15-11)13-8-16(9-13)4-3-14-10-18-5-6-19-14/h7,13-14H,3-6,8-10H2,1-2H3. The number of hydrogen-bond donors (Lipinski definition) is 0. The molecule has 1 aromatic rings. The molecule has 19 heavy (non-hydrogen) atoms. The molecule has 1 atom stereocenters. The zero-order valence-electron chi connectivity index (χ0n) is 11.8. The van der Waals surface area contributed by atoms with Crippen molar-refractivity contribution >= 4 is 0 Å². The third-order valence-corrected chi connectivity index (χ3v) is 3.98. The first-order valence-corrected chi connectivity index (χ1v) is 7.17. The lowest BCUT2D eigenvalue weighted by atomic mass is 10.1. The van der Waals surface area contributed by atoms with Crippen molar-refractivity contribution in [1.29, 1.82) is 0 Å². The van der Waals surface area contributed by atoms with Crippen LogP contribution in [0.4, 0.5) is 0 Å². The predicted molar refractivity (Wildman–Crippen MR) is 72.4 cm³/mol. The topological polar surface area (TPSA) is 39.5 Å². The van der Waals surface area contributed by atoms with Crippen molar-refractivity contribution in [2.45, 2.75) is 32.4 Å². The maximum absolute atomic E-state index is 5.66. The van der Waals surface area contributed by atoms with E-state index in [1.165, 1.54) is 5.69 Å². The quantitative estimate of drug-likeness (QED) is 0.819. The van der Waals surface area contributed by atoms with Crippen LogP contribution >= 0.6 is 0 Å². The second-order valence-electron chi connectivity index (χ2n) is 5.64. The molecule has 5 heteroatoms. The van der Waals surface area contributed by atoms with Crippen LogP contribution in [0.25, 0.3) is 0 Å². The van der Waals surface area contributed by atoms with E-state index in [4.69, 9.17) is 9.47 Å². The van der Waals surface area contributed by atoms with Gasteiger partial charge in [-0.2, -0.15) is 5.10 Å². The third kappa shape index (κ3) is 2.99. The van der Waals surface area contributed by atoms with Gasteiger partial charge in [0.25, 0.3) is 0 Å². The molecule has 106 valence electrons. The Balaban J connectivity index is 1.41. The van der Waals surface area contributed by atoms with Crippen molar-refractivity contribution < 1.29 is 9.47 Å². The van der Waals surface area contributed by atoms with Crippen LogP contribution in [-0.2, 0) is 9.47 Å². The van der Waals surface area contributed by atoms with Gasteiger partial charge in [0.1, 0.15) is 0 Å². The molecule has 0 amide bonds. The first-order chi connectivity index (χ1) is 9.22. The van der Waals surface area contributed by atoms with E-state index >= 15 is 0 Å². The van der Waals surface area contributed by atoms with E-state index < -0.39 is 0 Å². The number of aromatic nitrogens is 2. The van der Waals surface area contributed by atoms with E-state index in [0.29, 0.717) is 12.1 Å². The molecule has 5 nitrogen and oxygen atoms in total. The summed E-state index contributed by atoms with van der Waals surface area (Å²) in [6.45, 7) is 9.76. The number of likely N-dealkylation sites (tertiary alicyclic amines) is 1. The highest BCUT2D eigenvalue weighted by molar-refractivity contribution is 5.09. The van der Waals surface area contributed by atoms with E-state index in [9.17, 15) is 0 Å². The van der Waals surface area contributed by atoms with Crippen LogP contribution in [0.5, 0.6) is 0 Å². The summed E-state index contributed by atoms with van der Waals surface area (Å²) in [5, 5.41) is 4.56. The maximum Gasteiger partial charge on any atom is 0.0821 e. The molecule has 2 aliphatic heterocycles. The second-order valence-corrected chi connectivity index (χ2v) is 5.64. The summed E-state index contributed by atoms with van der Waals surface area (Å²) in [5.74, 6) is 0. The second kappa shape index (κ2) is 5.61. The first-order valence-electron chi connectivity index (χ1n) is 7.17. The SMILES string of the molecule is Cc1cc(C)n(C2CN(CCC3COCCO3)C2)n1. The van der Waals surface area contributed by atoms with Crippen LogP contribution in [0.3, 0.4) is 0 Å². The van der Waals surface area contributed by atoms with Gasteiger partial charge in [0.2, 0.25) is 0 Å². The summed E-state index contributed by atoms with van der Waals surface area (Å²) in [6, 6.07) is 2.70. The predicted octanol–water partition coefficient (Wildman–Crippen LogP) is 1.16. The molecule has 0 aliphatic carbocycles. The minimum absolute atomic E-state index is 0.293. The van der Waals surface area contributed by atoms with Crippen molar-refractivity contribution in [1.82, 2.24) is 14.7 Å². The van der Waals surface area contributed by atoms with Crippen LogP contribution in [0.15, 0.2) is 6.07 Å². The molecule has 0 radical (unpaired) electrons. The van der Waals surface area contributed by atoms with Gasteiger partial charge in [0, 0.05) is 25.3 Å². The summed E-state index contributed by atoms with van der Waals surface area (Å²) < 4.78 is 13.3. The Labute approximate surface area is 114 Å². The third-order valence-electron chi connectivity index (χ3n) is 3.98. The fraction of sp³-hybridized carbons (Fsp3) is 0.786. The van der Waals surface area contributed by atoms with Crippen molar-refractivity contribution in [2.75, 3.05) is 39.5 Å². The Bertz CT molecular complexity index is 420. The fourth-order valence-electron chi connectivity index (χ4n) is 2.93. The number of hydrogen-bond acceptors (Lipinski definition) is 4. The molecule has 0 aromatic carbocycles. The van der Waals surface area contributed by atoms with Crippen molar-refractivity contribution in [3.05, 3.63) is 17.5 Å². The summed E-state index contributed by atoms with van der Waals surface area (Å²) >= 11 is 0. The monoisotopic (exact) mass is 265 g/mol. The molecule has 2 saturated heterocycles. The summed E-state index contributed by atoms with van der Waals surface area (Å²) in [6.07, 6.45) is 1.37. The van der Waals surface area contributed by atoms with Gasteiger partial charge in [-0.05, 0) is 26.3 Å². The molecular formula is C14H23N3O2. The highest BCUT2D eigenvalue weighted by Crippen LogP contribution is 2.23. The van der Waals surface area contributed by atoms with Crippen LogP contribution < -0.4 is 0 Å². The molecule has 0 saturated carbocycles. The zero-order chi connectivity index (χ0) is 13.2. The van der Waals surface area contributed by atoms with Crippen LogP contribution in [0.2, 0.25) is 0 Å². The van der Waals surface area contributed by atoms with Crippen molar-refractivity contribution in [3.8, 4) is 0 Å². The highest BCUT2D eigenvalue weighted by Gasteiger charge is 2.30. The van der Waals surface area contributed by atoms with Gasteiger partial charge in [0.15, 0.2) is 0 Å². The van der Waals surface area contributed by atoms with E-state index in [-0.39, 0.29) is 0 Å². The number of nitrogens with zero attached hydrogens (tertiary/aromatic N) is 3. The van der Waals surface area contributed by atoms with Crippen molar-refractivity contribution in [3.63, 3.8) is 0 Å². The minimum atomic E-state index is 0.293. The molecule has 2 aliphatic rings. The van der Waals surface area contributed by atoms with Gasteiger partial charge < -0.3 is 9.47 Å². The van der Waals surface area contributed by atoms with Crippen molar-refractivity contribution in [2.24, 2.45) is 0 Å². The molecule has 2 fully saturated rings. The van der Waals surface area contributed by atoms with Gasteiger partial charge in [-0.25, -0.2) is 0 Å². The largest absolute Gasteiger partial charge is 0.376 e. The Kier molecular flexibility index (Phi) is 3.86. The summed E-state index contributed by atoms with van der Waals surface area (Å²) in [5.41, 5.74) is 2.38. The molecule has 3 rings (SSSR count). The molecule has 0 N–H and O–H groups in total. The number of rotatable bonds is 4. The molecule has 3 heterocycles. The Morgan fingerprint density at radius 1 is 1.32 bits per heavy atom. The van der Waals surface area contributed by atoms with Crippen LogP contribution in [0, 0.1) is 13.8 Å². The van der Waals surface area contributed by atoms with E-state index in [1.807, 2.05) is 0 Å². The van der Waals surface area contributed by atoms with Gasteiger partial charge in [-0.1, -0.05) is 0 Å². The lowest BCUT2D eigenvalue weighted by Crippen LogP contribution is -2.49. The van der Waals surface area contributed by atoms with E-state index in [0.717, 1.165) is 51.6 Å². The Morgan fingerprint density at radius 3 is 2.79 bits per heavy atom. The van der Waals surface area contributed by atoms with Crippen LogP contribution in [-0.4, -0.2) is 60.2 Å². The molecule has 0 spiro atoms. The van der Waals surface area contributed by atoms with E-state index in [1.54, 1.807) is 0 Å². The lowest BCUT2D eigenvalue weighted by Gasteiger charge is -2.40. The Hall–Kier alpha value is -0.910. The van der Waals surface area contributed by atoms with Gasteiger partial charge in [-0.15, -0.1) is 0 Å². The Morgan fingerprint density at radius 2 is 2.16 bits per heavy atom.